The van der Waals surface area contributed by atoms with Gasteiger partial charge in [0.15, 0.2) is 0 Å². The third kappa shape index (κ3) is 5.34. The third-order valence-corrected chi connectivity index (χ3v) is 6.27. The molecule has 0 bridgehead atoms. The van der Waals surface area contributed by atoms with E-state index in [9.17, 15) is 4.79 Å². The normalized spacial score (nSPS) is 21.7. The van der Waals surface area contributed by atoms with Crippen LogP contribution in [-0.4, -0.2) is 68.6 Å². The van der Waals surface area contributed by atoms with Crippen molar-refractivity contribution in [2.75, 3.05) is 47.8 Å². The van der Waals surface area contributed by atoms with Crippen molar-refractivity contribution in [1.82, 2.24) is 20.0 Å². The van der Waals surface area contributed by atoms with Gasteiger partial charge in [0.1, 0.15) is 0 Å². The van der Waals surface area contributed by atoms with Crippen molar-refractivity contribution < 1.29 is 4.79 Å². The maximum Gasteiger partial charge on any atom is 0.321 e. The maximum absolute atomic E-state index is 12.5. The molecule has 5 nitrogen and oxygen atoms in total. The zero-order valence-electron chi connectivity index (χ0n) is 17.6. The Labute approximate surface area is 183 Å². The van der Waals surface area contributed by atoms with Crippen LogP contribution in [0.3, 0.4) is 0 Å². The Morgan fingerprint density at radius 3 is 2.76 bits per heavy atom. The van der Waals surface area contributed by atoms with Crippen molar-refractivity contribution in [2.45, 2.75) is 18.9 Å². The van der Waals surface area contributed by atoms with Gasteiger partial charge in [0.25, 0.3) is 0 Å². The molecule has 3 rings (SSSR count). The van der Waals surface area contributed by atoms with E-state index >= 15 is 0 Å². The zero-order chi connectivity index (χ0) is 21.1. The molecule has 0 fully saturated rings. The van der Waals surface area contributed by atoms with Crippen LogP contribution in [0.5, 0.6) is 0 Å². The first kappa shape index (κ1) is 22.2. The van der Waals surface area contributed by atoms with Gasteiger partial charge in [0.05, 0.1) is 0 Å². The monoisotopic (exact) mass is 436 g/mol. The Morgan fingerprint density at radius 1 is 1.28 bits per heavy atom. The van der Waals surface area contributed by atoms with Crippen molar-refractivity contribution in [3.05, 3.63) is 57.2 Å². The summed E-state index contributed by atoms with van der Waals surface area (Å²) in [6.07, 6.45) is 7.13. The summed E-state index contributed by atoms with van der Waals surface area (Å²) in [7, 11) is 7.94. The molecule has 1 aliphatic carbocycles. The molecule has 7 heteroatoms. The van der Waals surface area contributed by atoms with E-state index in [4.69, 9.17) is 23.2 Å². The van der Waals surface area contributed by atoms with Gasteiger partial charge in [-0.05, 0) is 62.8 Å². The molecule has 0 spiro atoms. The lowest BCUT2D eigenvalue weighted by atomic mass is 9.77. The quantitative estimate of drug-likeness (QED) is 0.751. The number of nitrogens with one attached hydrogen (secondary N) is 1. The molecular weight excluding hydrogens is 407 g/mol. The van der Waals surface area contributed by atoms with Gasteiger partial charge in [-0.1, -0.05) is 35.4 Å². The second-order valence-electron chi connectivity index (χ2n) is 8.26. The van der Waals surface area contributed by atoms with Gasteiger partial charge < -0.3 is 20.0 Å². The molecule has 2 unspecified atom stereocenters. The highest BCUT2D eigenvalue weighted by Gasteiger charge is 2.32. The fraction of sp³-hybridized carbons (Fsp3) is 0.500. The van der Waals surface area contributed by atoms with Crippen LogP contribution in [0, 0.1) is 5.92 Å². The van der Waals surface area contributed by atoms with Crippen molar-refractivity contribution in [2.24, 2.45) is 5.92 Å². The molecule has 2 amide bonds. The van der Waals surface area contributed by atoms with E-state index in [0.717, 1.165) is 42.3 Å². The summed E-state index contributed by atoms with van der Waals surface area (Å²) in [4.78, 5) is 18.6. The van der Waals surface area contributed by atoms with E-state index in [1.54, 1.807) is 4.90 Å². The summed E-state index contributed by atoms with van der Waals surface area (Å²) in [5, 5.41) is 4.39. The lowest BCUT2D eigenvalue weighted by Gasteiger charge is -2.38. The molecule has 1 aliphatic heterocycles. The minimum atomic E-state index is -0.0700. The van der Waals surface area contributed by atoms with Crippen molar-refractivity contribution in [3.63, 3.8) is 0 Å². The predicted octanol–water partition coefficient (Wildman–Crippen LogP) is 4.19. The molecule has 29 heavy (non-hydrogen) atoms. The summed E-state index contributed by atoms with van der Waals surface area (Å²) < 4.78 is 0. The van der Waals surface area contributed by atoms with Gasteiger partial charge in [-0.3, -0.25) is 0 Å². The molecule has 158 valence electrons. The van der Waals surface area contributed by atoms with E-state index in [-0.39, 0.29) is 17.9 Å². The molecule has 2 atom stereocenters. The molecule has 0 saturated heterocycles. The Hall–Kier alpha value is -1.53. The SMILES string of the molecule is CN(C)CCNC(=O)N(C)C1=CC=CC(C2CN(C)Cc3c(Cl)cc(Cl)cc32)C1. The summed E-state index contributed by atoms with van der Waals surface area (Å²) in [6.45, 7) is 3.20. The lowest BCUT2D eigenvalue weighted by Crippen LogP contribution is -2.41. The Morgan fingerprint density at radius 2 is 2.03 bits per heavy atom. The number of fused-ring (bicyclic) bond motifs is 1. The van der Waals surface area contributed by atoms with Crippen LogP contribution < -0.4 is 5.32 Å². The molecule has 0 saturated carbocycles. The lowest BCUT2D eigenvalue weighted by molar-refractivity contribution is 0.212. The van der Waals surface area contributed by atoms with Crippen LogP contribution in [0.2, 0.25) is 10.0 Å². The minimum Gasteiger partial charge on any atom is -0.336 e. The summed E-state index contributed by atoms with van der Waals surface area (Å²) in [5.74, 6) is 0.563. The highest BCUT2D eigenvalue weighted by molar-refractivity contribution is 6.35. The topological polar surface area (TPSA) is 38.8 Å². The maximum atomic E-state index is 12.5. The Kier molecular flexibility index (Phi) is 7.28. The van der Waals surface area contributed by atoms with Crippen molar-refractivity contribution >= 4 is 29.2 Å². The van der Waals surface area contributed by atoms with Crippen LogP contribution in [0.25, 0.3) is 0 Å². The van der Waals surface area contributed by atoms with E-state index in [0.29, 0.717) is 11.6 Å². The van der Waals surface area contributed by atoms with Crippen LogP contribution in [0.4, 0.5) is 4.79 Å². The number of rotatable bonds is 5. The minimum absolute atomic E-state index is 0.0700. The molecule has 1 heterocycles. The molecule has 0 aromatic heterocycles. The van der Waals surface area contributed by atoms with Gasteiger partial charge in [-0.15, -0.1) is 0 Å². The second kappa shape index (κ2) is 9.52. The Bertz CT molecular complexity index is 821. The number of carbonyl (C=O) groups is 1. The fourth-order valence-corrected chi connectivity index (χ4v) is 4.67. The smallest absolute Gasteiger partial charge is 0.321 e. The standard InChI is InChI=1S/C22H30Cl2N4O/c1-26(2)9-8-25-22(29)28(4)17-7-5-6-15(10-17)19-13-27(3)14-20-18(19)11-16(23)12-21(20)24/h5-7,11-12,15,19H,8-10,13-14H2,1-4H3,(H,25,29). The predicted molar refractivity (Wildman–Crippen MR) is 121 cm³/mol. The van der Waals surface area contributed by atoms with Gasteiger partial charge in [0.2, 0.25) is 0 Å². The van der Waals surface area contributed by atoms with Crippen LogP contribution >= 0.6 is 23.2 Å². The van der Waals surface area contributed by atoms with Gasteiger partial charge >= 0.3 is 6.03 Å². The average Bonchev–Trinajstić information content (AvgIpc) is 2.67. The van der Waals surface area contributed by atoms with E-state index in [1.165, 1.54) is 5.56 Å². The van der Waals surface area contributed by atoms with Crippen LogP contribution in [0.1, 0.15) is 23.5 Å². The molecule has 0 radical (unpaired) electrons. The van der Waals surface area contributed by atoms with Crippen molar-refractivity contribution in [1.29, 1.82) is 0 Å². The number of nitrogens with zero attached hydrogens (tertiary/aromatic N) is 3. The molecular formula is C22H30Cl2N4O. The largest absolute Gasteiger partial charge is 0.336 e. The number of halogens is 2. The molecule has 1 N–H and O–H groups in total. The number of likely N-dealkylation sites (N-methyl/N-ethyl adjacent to an activating group) is 2. The van der Waals surface area contributed by atoms with Gasteiger partial charge in [-0.2, -0.15) is 0 Å². The fourth-order valence-electron chi connectivity index (χ4n) is 4.10. The van der Waals surface area contributed by atoms with Gasteiger partial charge in [-0.25, -0.2) is 4.79 Å². The highest BCUT2D eigenvalue weighted by Crippen LogP contribution is 2.41. The first-order valence-electron chi connectivity index (χ1n) is 9.96. The number of urea groups is 1. The number of hydrogen-bond acceptors (Lipinski definition) is 3. The number of amides is 2. The van der Waals surface area contributed by atoms with E-state index in [2.05, 4.69) is 35.5 Å². The third-order valence-electron chi connectivity index (χ3n) is 5.71. The number of benzene rings is 1. The average molecular weight is 437 g/mol. The van der Waals surface area contributed by atoms with Gasteiger partial charge in [0, 0.05) is 54.9 Å². The summed E-state index contributed by atoms with van der Waals surface area (Å²) >= 11 is 12.8. The first-order chi connectivity index (χ1) is 13.8. The highest BCUT2D eigenvalue weighted by atomic mass is 35.5. The Balaban J connectivity index is 1.74. The molecule has 1 aromatic carbocycles. The summed E-state index contributed by atoms with van der Waals surface area (Å²) in [6, 6.07) is 3.81. The number of allylic oxidation sites excluding steroid dienone is 4. The number of carbonyl (C=O) groups excluding carboxylic acids is 1. The van der Waals surface area contributed by atoms with Crippen LogP contribution in [0.15, 0.2) is 36.1 Å². The summed E-state index contributed by atoms with van der Waals surface area (Å²) in [5.41, 5.74) is 3.41. The second-order valence-corrected chi connectivity index (χ2v) is 9.11. The molecule has 1 aromatic rings. The van der Waals surface area contributed by atoms with Crippen molar-refractivity contribution in [3.8, 4) is 0 Å². The number of hydrogen-bond donors (Lipinski definition) is 1. The van der Waals surface area contributed by atoms with E-state index in [1.807, 2.05) is 38.2 Å². The first-order valence-corrected chi connectivity index (χ1v) is 10.7. The van der Waals surface area contributed by atoms with Crippen LogP contribution in [-0.2, 0) is 6.54 Å². The van der Waals surface area contributed by atoms with E-state index < -0.39 is 0 Å². The zero-order valence-corrected chi connectivity index (χ0v) is 19.1. The molecule has 2 aliphatic rings.